The van der Waals surface area contributed by atoms with Crippen molar-refractivity contribution >= 4 is 9.84 Å². The summed E-state index contributed by atoms with van der Waals surface area (Å²) in [6.07, 6.45) is 0.638. The fourth-order valence-corrected chi connectivity index (χ4v) is 2.69. The van der Waals surface area contributed by atoms with Crippen molar-refractivity contribution in [3.05, 3.63) is 0 Å². The maximum Gasteiger partial charge on any atom is 0.150 e. The van der Waals surface area contributed by atoms with Crippen molar-refractivity contribution in [1.29, 1.82) is 0 Å². The summed E-state index contributed by atoms with van der Waals surface area (Å²) in [5.74, 6) is 0.807. The van der Waals surface area contributed by atoms with Crippen molar-refractivity contribution < 1.29 is 13.5 Å². The highest BCUT2D eigenvalue weighted by Crippen LogP contribution is 2.20. The maximum atomic E-state index is 10.5. The van der Waals surface area contributed by atoms with E-state index in [0.717, 1.165) is 0 Å². The first kappa shape index (κ1) is 7.02. The Morgan fingerprint density at radius 3 is 2.33 bits per heavy atom. The van der Waals surface area contributed by atoms with Crippen molar-refractivity contribution in [3.8, 4) is 0 Å². The third-order valence-electron chi connectivity index (χ3n) is 1.52. The van der Waals surface area contributed by atoms with Crippen molar-refractivity contribution in [1.82, 2.24) is 0 Å². The molecular formula is C5H10O3S. The highest BCUT2D eigenvalue weighted by Gasteiger charge is 2.32. The Morgan fingerprint density at radius 1 is 1.44 bits per heavy atom. The molecule has 0 unspecified atom stereocenters. The van der Waals surface area contributed by atoms with E-state index in [4.69, 9.17) is 5.11 Å². The molecule has 0 saturated carbocycles. The van der Waals surface area contributed by atoms with Crippen molar-refractivity contribution in [3.63, 3.8) is 0 Å². The summed E-state index contributed by atoms with van der Waals surface area (Å²) in [5.41, 5.74) is 0. The lowest BCUT2D eigenvalue weighted by Crippen LogP contribution is -2.36. The van der Waals surface area contributed by atoms with E-state index in [-0.39, 0.29) is 24.0 Å². The summed E-state index contributed by atoms with van der Waals surface area (Å²) in [5, 5.41) is 8.38. The van der Waals surface area contributed by atoms with Gasteiger partial charge in [-0.25, -0.2) is 8.42 Å². The van der Waals surface area contributed by atoms with Crippen LogP contribution in [0.4, 0.5) is 0 Å². The molecule has 0 bridgehead atoms. The van der Waals surface area contributed by atoms with Gasteiger partial charge in [-0.2, -0.15) is 0 Å². The standard InChI is InChI=1S/C5H10O3S/c6-2-1-5-3-9(7,8)4-5/h5-6H,1-4H2. The van der Waals surface area contributed by atoms with Crippen LogP contribution in [0.5, 0.6) is 0 Å². The van der Waals surface area contributed by atoms with Gasteiger partial charge in [0, 0.05) is 6.61 Å². The molecule has 0 aliphatic carbocycles. The van der Waals surface area contributed by atoms with Crippen molar-refractivity contribution in [2.75, 3.05) is 18.1 Å². The summed E-state index contributed by atoms with van der Waals surface area (Å²) in [6, 6.07) is 0. The predicted molar refractivity (Wildman–Crippen MR) is 33.8 cm³/mol. The summed E-state index contributed by atoms with van der Waals surface area (Å²) < 4.78 is 21.0. The molecule has 0 aromatic carbocycles. The van der Waals surface area contributed by atoms with Crippen LogP contribution in [0, 0.1) is 5.92 Å². The van der Waals surface area contributed by atoms with E-state index >= 15 is 0 Å². The molecule has 9 heavy (non-hydrogen) atoms. The minimum absolute atomic E-state index is 0.111. The zero-order chi connectivity index (χ0) is 6.91. The smallest absolute Gasteiger partial charge is 0.150 e. The van der Waals surface area contributed by atoms with Gasteiger partial charge in [-0.3, -0.25) is 0 Å². The van der Waals surface area contributed by atoms with Gasteiger partial charge in [-0.15, -0.1) is 0 Å². The molecule has 1 N–H and O–H groups in total. The first-order chi connectivity index (χ1) is 4.14. The van der Waals surface area contributed by atoms with Gasteiger partial charge in [0.2, 0.25) is 0 Å². The second-order valence-corrected chi connectivity index (χ2v) is 4.61. The largest absolute Gasteiger partial charge is 0.396 e. The van der Waals surface area contributed by atoms with Crippen LogP contribution in [0.15, 0.2) is 0 Å². The number of aliphatic hydroxyl groups excluding tert-OH is 1. The molecule has 0 spiro atoms. The number of rotatable bonds is 2. The minimum atomic E-state index is -2.66. The monoisotopic (exact) mass is 150 g/mol. The molecule has 1 heterocycles. The molecule has 1 fully saturated rings. The molecule has 54 valence electrons. The topological polar surface area (TPSA) is 54.4 Å². The molecule has 0 aromatic rings. The van der Waals surface area contributed by atoms with Crippen LogP contribution in [0.3, 0.4) is 0 Å². The number of hydrogen-bond acceptors (Lipinski definition) is 3. The average Bonchev–Trinajstić information content (AvgIpc) is 1.62. The molecule has 3 nitrogen and oxygen atoms in total. The molecule has 4 heteroatoms. The fraction of sp³-hybridized carbons (Fsp3) is 1.00. The summed E-state index contributed by atoms with van der Waals surface area (Å²) in [7, 11) is -2.66. The van der Waals surface area contributed by atoms with Crippen LogP contribution >= 0.6 is 0 Å². The van der Waals surface area contributed by atoms with Crippen molar-refractivity contribution in [2.45, 2.75) is 6.42 Å². The number of hydrogen-bond donors (Lipinski definition) is 1. The molecular weight excluding hydrogens is 140 g/mol. The molecule has 1 saturated heterocycles. The molecule has 1 aliphatic heterocycles. The van der Waals surface area contributed by atoms with Gasteiger partial charge >= 0.3 is 0 Å². The van der Waals surface area contributed by atoms with Crippen LogP contribution in [0.1, 0.15) is 6.42 Å². The SMILES string of the molecule is O=S1(=O)CC(CCO)C1. The molecule has 0 aromatic heterocycles. The van der Waals surface area contributed by atoms with Gasteiger partial charge in [-0.1, -0.05) is 0 Å². The van der Waals surface area contributed by atoms with Crippen LogP contribution < -0.4 is 0 Å². The second-order valence-electron chi connectivity index (χ2n) is 2.46. The average molecular weight is 150 g/mol. The zero-order valence-corrected chi connectivity index (χ0v) is 5.89. The van der Waals surface area contributed by atoms with Crippen molar-refractivity contribution in [2.24, 2.45) is 5.92 Å². The lowest BCUT2D eigenvalue weighted by atomic mass is 10.1. The first-order valence-electron chi connectivity index (χ1n) is 2.95. The van der Waals surface area contributed by atoms with E-state index in [1.807, 2.05) is 0 Å². The third-order valence-corrected chi connectivity index (χ3v) is 3.48. The molecule has 0 atom stereocenters. The third kappa shape index (κ3) is 1.66. The van der Waals surface area contributed by atoms with Gasteiger partial charge in [0.25, 0.3) is 0 Å². The Kier molecular flexibility index (Phi) is 1.77. The predicted octanol–water partition coefficient (Wildman–Crippen LogP) is -0.587. The first-order valence-corrected chi connectivity index (χ1v) is 4.77. The summed E-state index contributed by atoms with van der Waals surface area (Å²) in [6.45, 7) is 0.111. The Morgan fingerprint density at radius 2 is 2.00 bits per heavy atom. The number of aliphatic hydroxyl groups is 1. The van der Waals surface area contributed by atoms with E-state index < -0.39 is 9.84 Å². The molecule has 0 amide bonds. The van der Waals surface area contributed by atoms with E-state index in [1.165, 1.54) is 0 Å². The zero-order valence-electron chi connectivity index (χ0n) is 5.08. The molecule has 1 rings (SSSR count). The highest BCUT2D eigenvalue weighted by atomic mass is 32.2. The highest BCUT2D eigenvalue weighted by molar-refractivity contribution is 7.92. The Bertz CT molecular complexity index is 170. The normalized spacial score (nSPS) is 25.4. The van der Waals surface area contributed by atoms with E-state index in [0.29, 0.717) is 6.42 Å². The van der Waals surface area contributed by atoms with Crippen LogP contribution in [0.2, 0.25) is 0 Å². The van der Waals surface area contributed by atoms with E-state index in [2.05, 4.69) is 0 Å². The van der Waals surface area contributed by atoms with Crippen LogP contribution in [-0.4, -0.2) is 31.6 Å². The maximum absolute atomic E-state index is 10.5. The molecule has 0 radical (unpaired) electrons. The Labute approximate surface area is 54.6 Å². The Balaban J connectivity index is 2.28. The van der Waals surface area contributed by atoms with Gasteiger partial charge in [0.15, 0.2) is 9.84 Å². The minimum Gasteiger partial charge on any atom is -0.396 e. The van der Waals surface area contributed by atoms with Gasteiger partial charge in [0.1, 0.15) is 0 Å². The lowest BCUT2D eigenvalue weighted by Gasteiger charge is -2.24. The van der Waals surface area contributed by atoms with E-state index in [9.17, 15) is 8.42 Å². The van der Waals surface area contributed by atoms with Gasteiger partial charge in [-0.05, 0) is 12.3 Å². The fourth-order valence-electron chi connectivity index (χ4n) is 1.02. The van der Waals surface area contributed by atoms with Gasteiger partial charge in [0.05, 0.1) is 11.5 Å². The quantitative estimate of drug-likeness (QED) is 0.572. The van der Waals surface area contributed by atoms with Gasteiger partial charge < -0.3 is 5.11 Å². The second kappa shape index (κ2) is 2.27. The Hall–Kier alpha value is -0.0900. The van der Waals surface area contributed by atoms with Crippen LogP contribution in [-0.2, 0) is 9.84 Å². The van der Waals surface area contributed by atoms with E-state index in [1.54, 1.807) is 0 Å². The summed E-state index contributed by atoms with van der Waals surface area (Å²) in [4.78, 5) is 0. The van der Waals surface area contributed by atoms with Crippen LogP contribution in [0.25, 0.3) is 0 Å². The number of sulfone groups is 1. The molecule has 1 aliphatic rings. The lowest BCUT2D eigenvalue weighted by molar-refractivity contribution is 0.264. The summed E-state index contributed by atoms with van der Waals surface area (Å²) >= 11 is 0.